The van der Waals surface area contributed by atoms with Crippen LogP contribution < -0.4 is 0 Å². The molecule has 0 saturated heterocycles. The van der Waals surface area contributed by atoms with Crippen molar-refractivity contribution in [2.75, 3.05) is 0 Å². The molecule has 1 nitrogen and oxygen atoms in total. The van der Waals surface area contributed by atoms with E-state index in [1.807, 2.05) is 6.07 Å². The van der Waals surface area contributed by atoms with Gasteiger partial charge >= 0.3 is 0 Å². The van der Waals surface area contributed by atoms with E-state index in [9.17, 15) is 0 Å². The Morgan fingerprint density at radius 3 is 1.74 bits per heavy atom. The lowest BCUT2D eigenvalue weighted by Crippen LogP contribution is -2.27. The number of hydrogen-bond donors (Lipinski definition) is 0. The summed E-state index contributed by atoms with van der Waals surface area (Å²) < 4.78 is 2.48. The Labute approximate surface area is 411 Å². The molecule has 3 aliphatic carbocycles. The Kier molecular flexibility index (Phi) is 10.2. The zero-order valence-corrected chi connectivity index (χ0v) is 39.3. The Balaban J connectivity index is 0.000000212. The van der Waals surface area contributed by atoms with Gasteiger partial charge in [0.25, 0.3) is 0 Å². The third kappa shape index (κ3) is 6.76. The molecule has 0 radical (unpaired) electrons. The molecule has 3 aliphatic rings. The maximum absolute atomic E-state index is 2.48. The summed E-state index contributed by atoms with van der Waals surface area (Å²) in [6.45, 7) is 2.19. The summed E-state index contributed by atoms with van der Waals surface area (Å²) in [5.74, 6) is 0.306. The van der Waals surface area contributed by atoms with Gasteiger partial charge in [-0.2, -0.15) is 0 Å². The van der Waals surface area contributed by atoms with Crippen molar-refractivity contribution < 1.29 is 0 Å². The molecule has 70 heavy (non-hydrogen) atoms. The number of allylic oxidation sites excluding steroid dienone is 4. The minimum absolute atomic E-state index is 0.295. The van der Waals surface area contributed by atoms with Gasteiger partial charge in [-0.1, -0.05) is 237 Å². The minimum Gasteiger partial charge on any atom is -0.309 e. The van der Waals surface area contributed by atoms with Gasteiger partial charge in [0.15, 0.2) is 0 Å². The van der Waals surface area contributed by atoms with Gasteiger partial charge in [-0.05, 0) is 127 Å². The predicted molar refractivity (Wildman–Crippen MR) is 294 cm³/mol. The van der Waals surface area contributed by atoms with E-state index in [1.165, 1.54) is 117 Å². The highest BCUT2D eigenvalue weighted by Crippen LogP contribution is 2.66. The molecular weight excluding hydrogens is 843 g/mol. The molecule has 1 heteroatoms. The van der Waals surface area contributed by atoms with Crippen LogP contribution in [0.15, 0.2) is 266 Å². The highest BCUT2D eigenvalue weighted by Gasteiger charge is 2.55. The van der Waals surface area contributed by atoms with Gasteiger partial charge in [0, 0.05) is 22.3 Å². The van der Waals surface area contributed by atoms with E-state index in [2.05, 4.69) is 266 Å². The summed E-state index contributed by atoms with van der Waals surface area (Å²) in [6, 6.07) is 89.1. The third-order valence-electron chi connectivity index (χ3n) is 15.2. The lowest BCUT2D eigenvalue weighted by molar-refractivity contribution is 0.708. The fraction of sp³-hybridized carbons (Fsp3) is 0.0725. The highest BCUT2D eigenvalue weighted by molar-refractivity contribution is 6.10. The van der Waals surface area contributed by atoms with Crippen LogP contribution in [-0.2, 0) is 11.8 Å². The number of para-hydroxylation sites is 1. The smallest absolute Gasteiger partial charge is 0.0685 e. The lowest BCUT2D eigenvalue weighted by atomic mass is 9.69. The quantitative estimate of drug-likeness (QED) is 0.157. The summed E-state index contributed by atoms with van der Waals surface area (Å²) in [5, 5.41) is 2.57. The standard InChI is InChI=1S/C50H35N.C19H16/c1-32-26-28-39-38-18-8-12-25-46(38)51(48(39)30-32)47-29-27-34(31-41(47)33-14-3-2-4-15-33)35-20-13-24-45-49(35)40-19-7-11-23-44(40)50(45)42-21-9-5-16-36(42)37-17-6-10-22-43(37)50;1-3-7-16(8-4-1)15-17-11-13-19(14-12-17)18-9-5-2-6-10-18/h2-18,20-31,40H,19H2,1H3;1-14H,15H2. The van der Waals surface area contributed by atoms with Crippen LogP contribution in [0.2, 0.25) is 0 Å². The number of nitrogens with zero attached hydrogens (tertiary/aromatic N) is 1. The van der Waals surface area contributed by atoms with Gasteiger partial charge in [0.2, 0.25) is 0 Å². The molecule has 1 heterocycles. The average molecular weight is 894 g/mol. The van der Waals surface area contributed by atoms with Gasteiger partial charge in [-0.25, -0.2) is 0 Å². The van der Waals surface area contributed by atoms with Crippen LogP contribution in [0.25, 0.3) is 72.0 Å². The van der Waals surface area contributed by atoms with Crippen LogP contribution in [0.4, 0.5) is 0 Å². The van der Waals surface area contributed by atoms with Crippen LogP contribution in [-0.4, -0.2) is 4.57 Å². The molecule has 0 bridgehead atoms. The van der Waals surface area contributed by atoms with E-state index < -0.39 is 0 Å². The number of aromatic nitrogens is 1. The molecule has 1 spiro atoms. The zero-order chi connectivity index (χ0) is 46.6. The number of hydrogen-bond acceptors (Lipinski definition) is 0. The Hall–Kier alpha value is -8.52. The van der Waals surface area contributed by atoms with Crippen molar-refractivity contribution in [3.63, 3.8) is 0 Å². The van der Waals surface area contributed by atoms with E-state index in [0.29, 0.717) is 5.92 Å². The van der Waals surface area contributed by atoms with Crippen LogP contribution in [0, 0.1) is 6.92 Å². The number of fused-ring (bicyclic) bond motifs is 13. The van der Waals surface area contributed by atoms with Gasteiger partial charge in [0.1, 0.15) is 0 Å². The zero-order valence-electron chi connectivity index (χ0n) is 39.3. The first kappa shape index (κ1) is 41.7. The van der Waals surface area contributed by atoms with E-state index in [4.69, 9.17) is 0 Å². The van der Waals surface area contributed by atoms with Crippen molar-refractivity contribution >= 4 is 21.8 Å². The first-order chi connectivity index (χ1) is 34.6. The fourth-order valence-corrected chi connectivity index (χ4v) is 12.2. The number of benzene rings is 10. The first-order valence-electron chi connectivity index (χ1n) is 24.7. The lowest BCUT2D eigenvalue weighted by Gasteiger charge is -2.32. The van der Waals surface area contributed by atoms with Gasteiger partial charge in [0.05, 0.1) is 22.1 Å². The topological polar surface area (TPSA) is 4.93 Å². The van der Waals surface area contributed by atoms with Crippen LogP contribution in [0.5, 0.6) is 0 Å². The van der Waals surface area contributed by atoms with Gasteiger partial charge in [-0.3, -0.25) is 0 Å². The van der Waals surface area contributed by atoms with E-state index in [-0.39, 0.29) is 5.41 Å². The first-order valence-corrected chi connectivity index (χ1v) is 24.7. The van der Waals surface area contributed by atoms with Crippen molar-refractivity contribution in [1.82, 2.24) is 4.57 Å². The largest absolute Gasteiger partial charge is 0.309 e. The van der Waals surface area contributed by atoms with Crippen LogP contribution in [0.1, 0.15) is 51.3 Å². The molecule has 11 aromatic rings. The fourth-order valence-electron chi connectivity index (χ4n) is 12.2. The normalized spacial score (nSPS) is 14.6. The molecule has 1 atom stereocenters. The van der Waals surface area contributed by atoms with E-state index in [0.717, 1.165) is 12.8 Å². The van der Waals surface area contributed by atoms with E-state index in [1.54, 1.807) is 0 Å². The summed E-state index contributed by atoms with van der Waals surface area (Å²) in [4.78, 5) is 0. The Morgan fingerprint density at radius 1 is 0.429 bits per heavy atom. The van der Waals surface area contributed by atoms with Crippen LogP contribution in [0.3, 0.4) is 0 Å². The maximum atomic E-state index is 2.48. The molecule has 10 aromatic carbocycles. The van der Waals surface area contributed by atoms with Crippen LogP contribution >= 0.6 is 0 Å². The second-order valence-corrected chi connectivity index (χ2v) is 19.1. The molecule has 332 valence electrons. The number of rotatable bonds is 6. The Bertz CT molecular complexity index is 3770. The summed E-state index contributed by atoms with van der Waals surface area (Å²) in [6.07, 6.45) is 9.09. The minimum atomic E-state index is -0.295. The number of aryl methyl sites for hydroxylation is 1. The van der Waals surface area contributed by atoms with E-state index >= 15 is 0 Å². The third-order valence-corrected chi connectivity index (χ3v) is 15.2. The van der Waals surface area contributed by atoms with Crippen molar-refractivity contribution in [1.29, 1.82) is 0 Å². The SMILES string of the molecule is Cc1ccc2c3ccccc3n(-c3ccc(-c4cccc5c4C4CC=CC=C4C54c5ccccc5-c5ccccc54)cc3-c3ccccc3)c2c1.c1ccc(Cc2ccc(-c3ccccc3)cc2)cc1. The molecule has 1 unspecified atom stereocenters. The monoisotopic (exact) mass is 893 g/mol. The summed E-state index contributed by atoms with van der Waals surface area (Å²) in [7, 11) is 0. The maximum Gasteiger partial charge on any atom is 0.0685 e. The Morgan fingerprint density at radius 2 is 1.00 bits per heavy atom. The molecule has 14 rings (SSSR count). The molecule has 0 fully saturated rings. The van der Waals surface area contributed by atoms with Crippen molar-refractivity contribution in [2.45, 2.75) is 31.1 Å². The molecule has 1 aromatic heterocycles. The highest BCUT2D eigenvalue weighted by atomic mass is 15.0. The van der Waals surface area contributed by atoms with Gasteiger partial charge in [-0.15, -0.1) is 0 Å². The average Bonchev–Trinajstić information content (AvgIpc) is 4.03. The molecule has 0 saturated carbocycles. The second kappa shape index (κ2) is 17.2. The summed E-state index contributed by atoms with van der Waals surface area (Å²) in [5.41, 5.74) is 24.9. The molecule has 0 amide bonds. The predicted octanol–water partition coefficient (Wildman–Crippen LogP) is 17.7. The van der Waals surface area contributed by atoms with Crippen molar-refractivity contribution in [3.05, 3.63) is 305 Å². The molecule has 0 N–H and O–H groups in total. The van der Waals surface area contributed by atoms with Crippen molar-refractivity contribution in [3.8, 4) is 50.2 Å². The summed E-state index contributed by atoms with van der Waals surface area (Å²) >= 11 is 0. The second-order valence-electron chi connectivity index (χ2n) is 19.1. The molecular formula is C69H51N. The van der Waals surface area contributed by atoms with Crippen molar-refractivity contribution in [2.24, 2.45) is 0 Å². The van der Waals surface area contributed by atoms with Gasteiger partial charge < -0.3 is 4.57 Å². The molecule has 0 aliphatic heterocycles.